The van der Waals surface area contributed by atoms with Crippen LogP contribution in [0.4, 0.5) is 16.0 Å². The van der Waals surface area contributed by atoms with Gasteiger partial charge in [0.1, 0.15) is 12.1 Å². The Bertz CT molecular complexity index is 1140. The SMILES string of the molecule is CO[C@H]1CC[C@H](N2CC(=O)Nc3ncc(-c4ccc(-c5nc[nH]n5)c(F)c4C)nc32)CC1. The van der Waals surface area contributed by atoms with Gasteiger partial charge in [-0.2, -0.15) is 5.10 Å². The van der Waals surface area contributed by atoms with E-state index in [2.05, 4.69) is 25.5 Å². The summed E-state index contributed by atoms with van der Waals surface area (Å²) in [6.45, 7) is 1.93. The number of anilines is 2. The van der Waals surface area contributed by atoms with Crippen molar-refractivity contribution in [3.63, 3.8) is 0 Å². The molecule has 0 bridgehead atoms. The van der Waals surface area contributed by atoms with Crippen LogP contribution in [-0.4, -0.2) is 56.9 Å². The topological polar surface area (TPSA) is 109 Å². The van der Waals surface area contributed by atoms with Gasteiger partial charge in [0.15, 0.2) is 17.5 Å². The molecule has 3 heterocycles. The molecule has 0 unspecified atom stereocenters. The van der Waals surface area contributed by atoms with Gasteiger partial charge in [-0.15, -0.1) is 0 Å². The Morgan fingerprint density at radius 3 is 2.66 bits per heavy atom. The molecule has 1 aliphatic heterocycles. The van der Waals surface area contributed by atoms with Gasteiger partial charge in [-0.3, -0.25) is 9.89 Å². The molecule has 32 heavy (non-hydrogen) atoms. The molecule has 0 atom stereocenters. The molecule has 0 radical (unpaired) electrons. The molecule has 5 rings (SSSR count). The highest BCUT2D eigenvalue weighted by Crippen LogP contribution is 2.36. The zero-order chi connectivity index (χ0) is 22.2. The summed E-state index contributed by atoms with van der Waals surface area (Å²) < 4.78 is 20.6. The first-order valence-corrected chi connectivity index (χ1v) is 10.7. The van der Waals surface area contributed by atoms with Gasteiger partial charge in [0, 0.05) is 18.7 Å². The summed E-state index contributed by atoms with van der Waals surface area (Å²) in [4.78, 5) is 27.6. The van der Waals surface area contributed by atoms with Gasteiger partial charge in [0.05, 0.1) is 30.1 Å². The molecular weight excluding hydrogens is 413 g/mol. The standard InChI is InChI=1S/C22H24FN7O2/c1-12-15(7-8-16(19(12)23)20-25-11-26-29-20)17-9-24-21-22(27-17)30(10-18(31)28-21)13-3-5-14(32-2)6-4-13/h7-9,11,13-14H,3-6,10H2,1-2H3,(H,24,28,31)(H,25,26,29)/t13-,14-. The third kappa shape index (κ3) is 3.60. The van der Waals surface area contributed by atoms with Crippen molar-refractivity contribution in [1.29, 1.82) is 0 Å². The molecule has 1 fully saturated rings. The summed E-state index contributed by atoms with van der Waals surface area (Å²) in [6, 6.07) is 3.63. The number of carbonyl (C=O) groups excluding carboxylic acids is 1. The van der Waals surface area contributed by atoms with Crippen LogP contribution >= 0.6 is 0 Å². The van der Waals surface area contributed by atoms with E-state index in [0.717, 1.165) is 25.7 Å². The maximum atomic E-state index is 15.1. The number of methoxy groups -OCH3 is 1. The van der Waals surface area contributed by atoms with Crippen LogP contribution in [0.1, 0.15) is 31.2 Å². The lowest BCUT2D eigenvalue weighted by molar-refractivity contribution is -0.115. The number of aromatic amines is 1. The molecular formula is C22H24FN7O2. The van der Waals surface area contributed by atoms with E-state index in [1.807, 2.05) is 4.90 Å². The first-order chi connectivity index (χ1) is 15.5. The summed E-state index contributed by atoms with van der Waals surface area (Å²) in [5.41, 5.74) is 1.95. The first-order valence-electron chi connectivity index (χ1n) is 10.7. The Morgan fingerprint density at radius 1 is 1.16 bits per heavy atom. The highest BCUT2D eigenvalue weighted by Gasteiger charge is 2.33. The molecule has 0 spiro atoms. The predicted octanol–water partition coefficient (Wildman–Crippen LogP) is 3.09. The quantitative estimate of drug-likeness (QED) is 0.646. The van der Waals surface area contributed by atoms with Crippen molar-refractivity contribution in [2.45, 2.75) is 44.8 Å². The smallest absolute Gasteiger partial charge is 0.245 e. The van der Waals surface area contributed by atoms with Gasteiger partial charge in [-0.1, -0.05) is 6.07 Å². The molecule has 2 aliphatic rings. The van der Waals surface area contributed by atoms with Crippen molar-refractivity contribution in [3.8, 4) is 22.6 Å². The van der Waals surface area contributed by atoms with Crippen molar-refractivity contribution < 1.29 is 13.9 Å². The maximum absolute atomic E-state index is 15.1. The Morgan fingerprint density at radius 2 is 1.94 bits per heavy atom. The minimum absolute atomic E-state index is 0.105. The highest BCUT2D eigenvalue weighted by atomic mass is 19.1. The number of hydrogen-bond acceptors (Lipinski definition) is 7. The van der Waals surface area contributed by atoms with Gasteiger partial charge in [0.2, 0.25) is 5.91 Å². The highest BCUT2D eigenvalue weighted by molar-refractivity contribution is 5.99. The second-order valence-corrected chi connectivity index (χ2v) is 8.19. The molecule has 2 N–H and O–H groups in total. The number of benzene rings is 1. The van der Waals surface area contributed by atoms with Crippen molar-refractivity contribution in [2.75, 3.05) is 23.9 Å². The number of nitrogens with one attached hydrogen (secondary N) is 2. The average Bonchev–Trinajstić information content (AvgIpc) is 3.35. The van der Waals surface area contributed by atoms with Crippen LogP contribution in [0.5, 0.6) is 0 Å². The van der Waals surface area contributed by atoms with Crippen LogP contribution in [-0.2, 0) is 9.53 Å². The number of halogens is 1. The Balaban J connectivity index is 1.50. The van der Waals surface area contributed by atoms with Gasteiger partial charge in [0.25, 0.3) is 0 Å². The fraction of sp³-hybridized carbons (Fsp3) is 0.409. The Hall–Kier alpha value is -3.40. The zero-order valence-electron chi connectivity index (χ0n) is 17.9. The van der Waals surface area contributed by atoms with E-state index >= 15 is 4.39 Å². The summed E-state index contributed by atoms with van der Waals surface area (Å²) in [7, 11) is 1.74. The number of nitrogens with zero attached hydrogens (tertiary/aromatic N) is 5. The number of fused-ring (bicyclic) bond motifs is 1. The lowest BCUT2D eigenvalue weighted by Gasteiger charge is -2.39. The number of hydrogen-bond donors (Lipinski definition) is 2. The van der Waals surface area contributed by atoms with Crippen molar-refractivity contribution in [1.82, 2.24) is 25.1 Å². The molecule has 1 aromatic carbocycles. The molecule has 166 valence electrons. The van der Waals surface area contributed by atoms with E-state index in [1.54, 1.807) is 32.4 Å². The average molecular weight is 437 g/mol. The molecule has 10 heteroatoms. The lowest BCUT2D eigenvalue weighted by atomic mass is 9.91. The molecule has 3 aromatic rings. The van der Waals surface area contributed by atoms with Gasteiger partial charge < -0.3 is 15.0 Å². The molecule has 1 saturated carbocycles. The summed E-state index contributed by atoms with van der Waals surface area (Å²) in [6.07, 6.45) is 6.94. The summed E-state index contributed by atoms with van der Waals surface area (Å²) in [5, 5.41) is 9.38. The largest absolute Gasteiger partial charge is 0.381 e. The van der Waals surface area contributed by atoms with E-state index in [1.165, 1.54) is 6.33 Å². The van der Waals surface area contributed by atoms with Crippen molar-refractivity contribution in [2.24, 2.45) is 0 Å². The van der Waals surface area contributed by atoms with E-state index in [4.69, 9.17) is 9.72 Å². The van der Waals surface area contributed by atoms with Crippen LogP contribution < -0.4 is 10.2 Å². The fourth-order valence-corrected chi connectivity index (χ4v) is 4.57. The molecule has 0 saturated heterocycles. The van der Waals surface area contributed by atoms with Crippen LogP contribution in [0.25, 0.3) is 22.6 Å². The fourth-order valence-electron chi connectivity index (χ4n) is 4.57. The van der Waals surface area contributed by atoms with E-state index in [-0.39, 0.29) is 24.6 Å². The predicted molar refractivity (Wildman–Crippen MR) is 117 cm³/mol. The number of ether oxygens (including phenoxy) is 1. The Kier molecular flexibility index (Phi) is 5.30. The van der Waals surface area contributed by atoms with Crippen LogP contribution in [0.2, 0.25) is 0 Å². The zero-order valence-corrected chi connectivity index (χ0v) is 17.9. The normalized spacial score (nSPS) is 20.7. The summed E-state index contributed by atoms with van der Waals surface area (Å²) in [5.74, 6) is 0.862. The van der Waals surface area contributed by atoms with Crippen LogP contribution in [0, 0.1) is 12.7 Å². The van der Waals surface area contributed by atoms with Crippen molar-refractivity contribution >= 4 is 17.5 Å². The third-order valence-electron chi connectivity index (χ3n) is 6.33. The molecule has 9 nitrogen and oxygen atoms in total. The van der Waals surface area contributed by atoms with E-state index in [9.17, 15) is 4.79 Å². The second-order valence-electron chi connectivity index (χ2n) is 8.19. The summed E-state index contributed by atoms with van der Waals surface area (Å²) >= 11 is 0. The van der Waals surface area contributed by atoms with E-state index < -0.39 is 5.82 Å². The third-order valence-corrected chi connectivity index (χ3v) is 6.33. The monoisotopic (exact) mass is 437 g/mol. The van der Waals surface area contributed by atoms with Crippen molar-refractivity contribution in [3.05, 3.63) is 36.0 Å². The van der Waals surface area contributed by atoms with Gasteiger partial charge in [-0.05, 0) is 44.2 Å². The number of H-pyrrole nitrogens is 1. The van der Waals surface area contributed by atoms with E-state index in [0.29, 0.717) is 39.8 Å². The lowest BCUT2D eigenvalue weighted by Crippen LogP contribution is -2.47. The van der Waals surface area contributed by atoms with Gasteiger partial charge in [-0.25, -0.2) is 19.3 Å². The van der Waals surface area contributed by atoms with Crippen LogP contribution in [0.15, 0.2) is 24.7 Å². The maximum Gasteiger partial charge on any atom is 0.245 e. The number of rotatable bonds is 4. The minimum Gasteiger partial charge on any atom is -0.381 e. The Labute approximate surface area is 184 Å². The minimum atomic E-state index is -0.398. The molecule has 1 aliphatic carbocycles. The number of amides is 1. The van der Waals surface area contributed by atoms with Crippen LogP contribution in [0.3, 0.4) is 0 Å². The molecule has 2 aromatic heterocycles. The number of aromatic nitrogens is 5. The van der Waals surface area contributed by atoms with Gasteiger partial charge >= 0.3 is 0 Å². The molecule has 1 amide bonds. The first kappa shape index (κ1) is 20.5. The number of carbonyl (C=O) groups is 1. The second kappa shape index (κ2) is 8.27.